The van der Waals surface area contributed by atoms with E-state index < -0.39 is 0 Å². The van der Waals surface area contributed by atoms with Crippen molar-refractivity contribution in [3.8, 4) is 0 Å². The van der Waals surface area contributed by atoms with Gasteiger partial charge in [0.2, 0.25) is 5.91 Å². The molecule has 0 bridgehead atoms. The lowest BCUT2D eigenvalue weighted by atomic mass is 10.0. The van der Waals surface area contributed by atoms with Crippen molar-refractivity contribution in [1.82, 2.24) is 0 Å². The zero-order chi connectivity index (χ0) is 16.4. The number of anilines is 3. The van der Waals surface area contributed by atoms with E-state index in [1.807, 2.05) is 23.1 Å². The molecule has 0 aliphatic carbocycles. The lowest BCUT2D eigenvalue weighted by Gasteiger charge is -2.32. The van der Waals surface area contributed by atoms with Crippen LogP contribution in [0.1, 0.15) is 18.4 Å². The van der Waals surface area contributed by atoms with Gasteiger partial charge in [-0.05, 0) is 43.0 Å². The third-order valence-corrected chi connectivity index (χ3v) is 4.90. The van der Waals surface area contributed by atoms with Crippen molar-refractivity contribution in [2.75, 3.05) is 41.3 Å². The Labute approximate surface area is 143 Å². The third-order valence-electron chi connectivity index (χ3n) is 4.90. The SMILES string of the molecule is O=C(CN1CCCNc2ccccc21)N1CCCc2ccccc21. The molecule has 4 heteroatoms. The van der Waals surface area contributed by atoms with E-state index in [0.717, 1.165) is 56.0 Å². The van der Waals surface area contributed by atoms with Gasteiger partial charge in [0.1, 0.15) is 0 Å². The van der Waals surface area contributed by atoms with Crippen LogP contribution < -0.4 is 15.1 Å². The summed E-state index contributed by atoms with van der Waals surface area (Å²) in [5, 5.41) is 3.46. The van der Waals surface area contributed by atoms with Crippen molar-refractivity contribution < 1.29 is 4.79 Å². The number of aryl methyl sites for hydroxylation is 1. The van der Waals surface area contributed by atoms with Gasteiger partial charge in [0.05, 0.1) is 17.9 Å². The highest BCUT2D eigenvalue weighted by atomic mass is 16.2. The summed E-state index contributed by atoms with van der Waals surface area (Å²) in [7, 11) is 0. The Bertz CT molecular complexity index is 743. The second-order valence-corrected chi connectivity index (χ2v) is 6.50. The molecular weight excluding hydrogens is 298 g/mol. The molecule has 4 rings (SSSR count). The number of amides is 1. The number of fused-ring (bicyclic) bond motifs is 2. The van der Waals surface area contributed by atoms with E-state index in [1.54, 1.807) is 0 Å². The molecular formula is C20H23N3O. The number of carbonyl (C=O) groups excluding carboxylic acids is 1. The topological polar surface area (TPSA) is 35.6 Å². The molecule has 0 radical (unpaired) electrons. The zero-order valence-corrected chi connectivity index (χ0v) is 13.9. The zero-order valence-electron chi connectivity index (χ0n) is 13.9. The van der Waals surface area contributed by atoms with E-state index in [1.165, 1.54) is 5.56 Å². The van der Waals surface area contributed by atoms with Crippen molar-refractivity contribution in [3.63, 3.8) is 0 Å². The van der Waals surface area contributed by atoms with Crippen molar-refractivity contribution in [2.24, 2.45) is 0 Å². The molecule has 0 atom stereocenters. The fraction of sp³-hybridized carbons (Fsp3) is 0.350. The smallest absolute Gasteiger partial charge is 0.246 e. The minimum Gasteiger partial charge on any atom is -0.383 e. The van der Waals surface area contributed by atoms with Gasteiger partial charge in [-0.1, -0.05) is 30.3 Å². The highest BCUT2D eigenvalue weighted by molar-refractivity contribution is 5.98. The average Bonchev–Trinajstić information content (AvgIpc) is 2.84. The van der Waals surface area contributed by atoms with Crippen molar-refractivity contribution >= 4 is 23.0 Å². The van der Waals surface area contributed by atoms with Gasteiger partial charge < -0.3 is 15.1 Å². The maximum absolute atomic E-state index is 13.0. The number of carbonyl (C=O) groups is 1. The van der Waals surface area contributed by atoms with Crippen LogP contribution in [-0.4, -0.2) is 32.1 Å². The Hall–Kier alpha value is -2.49. The summed E-state index contributed by atoms with van der Waals surface area (Å²) in [4.78, 5) is 17.2. The Balaban J connectivity index is 1.57. The van der Waals surface area contributed by atoms with Crippen LogP contribution in [-0.2, 0) is 11.2 Å². The number of rotatable bonds is 2. The molecule has 4 nitrogen and oxygen atoms in total. The molecule has 2 heterocycles. The second kappa shape index (κ2) is 6.56. The summed E-state index contributed by atoms with van der Waals surface area (Å²) in [5.74, 6) is 0.193. The molecule has 2 aliphatic rings. The van der Waals surface area contributed by atoms with Crippen LogP contribution in [0, 0.1) is 0 Å². The van der Waals surface area contributed by atoms with E-state index >= 15 is 0 Å². The summed E-state index contributed by atoms with van der Waals surface area (Å²) in [6.45, 7) is 3.12. The number of hydrogen-bond donors (Lipinski definition) is 1. The molecule has 24 heavy (non-hydrogen) atoms. The third kappa shape index (κ3) is 2.84. The Morgan fingerprint density at radius 2 is 1.75 bits per heavy atom. The van der Waals surface area contributed by atoms with Crippen LogP contribution in [0.4, 0.5) is 17.1 Å². The van der Waals surface area contributed by atoms with Crippen molar-refractivity contribution in [2.45, 2.75) is 19.3 Å². The summed E-state index contributed by atoms with van der Waals surface area (Å²) in [6.07, 6.45) is 3.15. The minimum atomic E-state index is 0.193. The standard InChI is InChI=1S/C20H23N3O/c24-20(23-14-5-8-16-7-1-3-10-18(16)23)15-22-13-6-12-21-17-9-2-4-11-19(17)22/h1-4,7,9-11,21H,5-6,8,12-15H2. The average molecular weight is 321 g/mol. The molecule has 0 fully saturated rings. The minimum absolute atomic E-state index is 0.193. The largest absolute Gasteiger partial charge is 0.383 e. The number of nitrogens with zero attached hydrogens (tertiary/aromatic N) is 2. The normalized spacial score (nSPS) is 16.7. The Morgan fingerprint density at radius 1 is 0.958 bits per heavy atom. The van der Waals surface area contributed by atoms with E-state index in [-0.39, 0.29) is 5.91 Å². The number of nitrogens with one attached hydrogen (secondary N) is 1. The summed E-state index contributed by atoms with van der Waals surface area (Å²) < 4.78 is 0. The molecule has 1 N–H and O–H groups in total. The number of hydrogen-bond acceptors (Lipinski definition) is 3. The second-order valence-electron chi connectivity index (χ2n) is 6.50. The molecule has 0 aromatic heterocycles. The van der Waals surface area contributed by atoms with Crippen LogP contribution in [0.15, 0.2) is 48.5 Å². The van der Waals surface area contributed by atoms with E-state index in [9.17, 15) is 4.79 Å². The Morgan fingerprint density at radius 3 is 2.67 bits per heavy atom. The van der Waals surface area contributed by atoms with Crippen LogP contribution in [0.5, 0.6) is 0 Å². The van der Waals surface area contributed by atoms with Gasteiger partial charge in [0, 0.05) is 25.3 Å². The van der Waals surface area contributed by atoms with E-state index in [4.69, 9.17) is 0 Å². The first-order valence-corrected chi connectivity index (χ1v) is 8.79. The predicted octanol–water partition coefficient (Wildman–Crippen LogP) is 3.29. The molecule has 124 valence electrons. The van der Waals surface area contributed by atoms with Crippen LogP contribution in [0.25, 0.3) is 0 Å². The fourth-order valence-electron chi connectivity index (χ4n) is 3.72. The maximum Gasteiger partial charge on any atom is 0.246 e. The van der Waals surface area contributed by atoms with Gasteiger partial charge >= 0.3 is 0 Å². The van der Waals surface area contributed by atoms with Gasteiger partial charge in [-0.15, -0.1) is 0 Å². The molecule has 0 spiro atoms. The highest BCUT2D eigenvalue weighted by Crippen LogP contribution is 2.30. The van der Waals surface area contributed by atoms with Gasteiger partial charge in [-0.25, -0.2) is 0 Å². The lowest BCUT2D eigenvalue weighted by Crippen LogP contribution is -2.43. The molecule has 2 aromatic rings. The number of benzene rings is 2. The monoisotopic (exact) mass is 321 g/mol. The summed E-state index contributed by atoms with van der Waals surface area (Å²) >= 11 is 0. The quantitative estimate of drug-likeness (QED) is 0.922. The lowest BCUT2D eigenvalue weighted by molar-refractivity contribution is -0.117. The first kappa shape index (κ1) is 15.1. The van der Waals surface area contributed by atoms with Gasteiger partial charge in [0.25, 0.3) is 0 Å². The molecule has 0 unspecified atom stereocenters. The molecule has 2 aromatic carbocycles. The molecule has 2 aliphatic heterocycles. The van der Waals surface area contributed by atoms with Crippen molar-refractivity contribution in [3.05, 3.63) is 54.1 Å². The van der Waals surface area contributed by atoms with Crippen molar-refractivity contribution in [1.29, 1.82) is 0 Å². The number of para-hydroxylation sites is 3. The molecule has 0 saturated heterocycles. The van der Waals surface area contributed by atoms with Gasteiger partial charge in [0.15, 0.2) is 0 Å². The van der Waals surface area contributed by atoms with E-state index in [0.29, 0.717) is 6.54 Å². The van der Waals surface area contributed by atoms with Gasteiger partial charge in [-0.2, -0.15) is 0 Å². The van der Waals surface area contributed by atoms with Crippen LogP contribution in [0.3, 0.4) is 0 Å². The van der Waals surface area contributed by atoms with Crippen LogP contribution in [0.2, 0.25) is 0 Å². The van der Waals surface area contributed by atoms with Gasteiger partial charge in [-0.3, -0.25) is 4.79 Å². The van der Waals surface area contributed by atoms with E-state index in [2.05, 4.69) is 40.5 Å². The van der Waals surface area contributed by atoms with Crippen LogP contribution >= 0.6 is 0 Å². The summed E-state index contributed by atoms with van der Waals surface area (Å²) in [6, 6.07) is 16.6. The summed E-state index contributed by atoms with van der Waals surface area (Å²) in [5.41, 5.74) is 4.64. The molecule has 0 saturated carbocycles. The fourth-order valence-corrected chi connectivity index (χ4v) is 3.72. The predicted molar refractivity (Wildman–Crippen MR) is 98.9 cm³/mol. The maximum atomic E-state index is 13.0. The molecule has 1 amide bonds. The first-order valence-electron chi connectivity index (χ1n) is 8.79. The first-order chi connectivity index (χ1) is 11.8. The highest BCUT2D eigenvalue weighted by Gasteiger charge is 2.25. The Kier molecular flexibility index (Phi) is 4.11.